The van der Waals surface area contributed by atoms with E-state index >= 15 is 0 Å². The van der Waals surface area contributed by atoms with E-state index in [9.17, 15) is 9.90 Å². The molecule has 2 aliphatic heterocycles. The van der Waals surface area contributed by atoms with E-state index in [0.29, 0.717) is 18.0 Å². The lowest BCUT2D eigenvalue weighted by molar-refractivity contribution is -0.177. The molecule has 2 bridgehead atoms. The molecule has 2 saturated heterocycles. The van der Waals surface area contributed by atoms with Crippen molar-refractivity contribution >= 4 is 11.7 Å². The number of nitrogens with zero attached hydrogens (tertiary/aromatic N) is 2. The molecule has 0 radical (unpaired) electrons. The maximum atomic E-state index is 12.5. The zero-order valence-corrected chi connectivity index (χ0v) is 16.8. The van der Waals surface area contributed by atoms with Crippen LogP contribution in [0.2, 0.25) is 0 Å². The molecule has 2 aliphatic rings. The van der Waals surface area contributed by atoms with Gasteiger partial charge in [-0.25, -0.2) is 4.79 Å². The van der Waals surface area contributed by atoms with Crippen molar-refractivity contribution in [2.75, 3.05) is 53.3 Å². The van der Waals surface area contributed by atoms with E-state index in [1.807, 2.05) is 26.0 Å². The summed E-state index contributed by atoms with van der Waals surface area (Å²) in [5, 5.41) is 16.6. The second-order valence-electron chi connectivity index (χ2n) is 7.50. The molecular weight excluding hydrogens is 364 g/mol. The van der Waals surface area contributed by atoms with Crippen LogP contribution in [-0.4, -0.2) is 99.5 Å². The number of hydrogen-bond donors (Lipinski definition) is 3. The molecule has 9 heteroatoms. The van der Waals surface area contributed by atoms with Crippen LogP contribution in [0.25, 0.3) is 0 Å². The molecule has 3 rings (SSSR count). The van der Waals surface area contributed by atoms with Gasteiger partial charge in [0.05, 0.1) is 31.9 Å². The number of fused-ring (bicyclic) bond motifs is 2. The van der Waals surface area contributed by atoms with Gasteiger partial charge in [-0.3, -0.25) is 4.90 Å². The highest BCUT2D eigenvalue weighted by Gasteiger charge is 2.51. The zero-order valence-electron chi connectivity index (χ0n) is 16.8. The van der Waals surface area contributed by atoms with E-state index in [1.54, 1.807) is 31.4 Å². The third-order valence-corrected chi connectivity index (χ3v) is 5.17. The largest absolute Gasteiger partial charge is 0.497 e. The lowest BCUT2D eigenvalue weighted by atomic mass is 9.95. The number of carbonyl (C=O) groups is 1. The lowest BCUT2D eigenvalue weighted by Crippen LogP contribution is -2.65. The Kier molecular flexibility index (Phi) is 6.73. The second-order valence-corrected chi connectivity index (χ2v) is 7.50. The maximum Gasteiger partial charge on any atom is 0.319 e. The zero-order chi connectivity index (χ0) is 20.3. The Labute approximate surface area is 165 Å². The number of hydrogen-bond acceptors (Lipinski definition) is 7. The molecule has 2 amide bonds. The van der Waals surface area contributed by atoms with Gasteiger partial charge in [0.15, 0.2) is 6.29 Å². The Hall–Kier alpha value is -1.91. The van der Waals surface area contributed by atoms with Gasteiger partial charge in [-0.1, -0.05) is 6.07 Å². The van der Waals surface area contributed by atoms with E-state index in [1.165, 1.54) is 0 Å². The molecule has 1 aromatic rings. The summed E-state index contributed by atoms with van der Waals surface area (Å²) in [4.78, 5) is 16.6. The Morgan fingerprint density at radius 2 is 2.11 bits per heavy atom. The normalized spacial score (nSPS) is 29.2. The Morgan fingerprint density at radius 3 is 2.82 bits per heavy atom. The van der Waals surface area contributed by atoms with Crippen molar-refractivity contribution in [2.45, 2.75) is 30.6 Å². The minimum atomic E-state index is -0.811. The van der Waals surface area contributed by atoms with Crippen LogP contribution >= 0.6 is 0 Å². The Balaban J connectivity index is 1.64. The highest BCUT2D eigenvalue weighted by molar-refractivity contribution is 5.89. The summed E-state index contributed by atoms with van der Waals surface area (Å²) in [6.07, 6.45) is -1.68. The molecule has 9 nitrogen and oxygen atoms in total. The minimum absolute atomic E-state index is 0.337. The van der Waals surface area contributed by atoms with Crippen molar-refractivity contribution in [3.8, 4) is 5.75 Å². The first-order chi connectivity index (χ1) is 13.4. The Bertz CT molecular complexity index is 673. The number of anilines is 1. The predicted molar refractivity (Wildman–Crippen MR) is 105 cm³/mol. The summed E-state index contributed by atoms with van der Waals surface area (Å²) in [6.45, 7) is 1.92. The highest BCUT2D eigenvalue weighted by atomic mass is 16.7. The fourth-order valence-electron chi connectivity index (χ4n) is 3.57. The van der Waals surface area contributed by atoms with Gasteiger partial charge in [-0.2, -0.15) is 0 Å². The first kappa shape index (κ1) is 20.8. The molecule has 3 N–H and O–H groups in total. The number of urea groups is 1. The fraction of sp³-hybridized carbons (Fsp3) is 0.632. The number of aliphatic hydroxyl groups is 1. The van der Waals surface area contributed by atoms with Gasteiger partial charge in [0.25, 0.3) is 0 Å². The van der Waals surface area contributed by atoms with Gasteiger partial charge in [-0.05, 0) is 33.3 Å². The van der Waals surface area contributed by atoms with Crippen LogP contribution in [0.5, 0.6) is 5.75 Å². The van der Waals surface area contributed by atoms with E-state index < -0.39 is 24.5 Å². The highest BCUT2D eigenvalue weighted by Crippen LogP contribution is 2.31. The molecule has 0 unspecified atom stereocenters. The molecule has 1 aromatic carbocycles. The third kappa shape index (κ3) is 4.73. The smallest absolute Gasteiger partial charge is 0.319 e. The molecule has 2 heterocycles. The molecular formula is C19H30N4O5. The molecule has 0 aromatic heterocycles. The van der Waals surface area contributed by atoms with Crippen LogP contribution in [-0.2, 0) is 9.47 Å². The number of carbonyl (C=O) groups excluding carboxylic acids is 1. The summed E-state index contributed by atoms with van der Waals surface area (Å²) in [6, 6.07) is 5.73. The van der Waals surface area contributed by atoms with Gasteiger partial charge < -0.3 is 34.9 Å². The number of rotatable bonds is 7. The van der Waals surface area contributed by atoms with Crippen LogP contribution in [0.15, 0.2) is 24.3 Å². The first-order valence-electron chi connectivity index (χ1n) is 9.40. The van der Waals surface area contributed by atoms with Crippen molar-refractivity contribution in [1.29, 1.82) is 0 Å². The van der Waals surface area contributed by atoms with E-state index in [-0.39, 0.29) is 12.1 Å². The molecule has 5 atom stereocenters. The van der Waals surface area contributed by atoms with Gasteiger partial charge in [0, 0.05) is 24.8 Å². The van der Waals surface area contributed by atoms with Crippen LogP contribution in [0, 0.1) is 0 Å². The summed E-state index contributed by atoms with van der Waals surface area (Å²) >= 11 is 0. The summed E-state index contributed by atoms with van der Waals surface area (Å²) in [5.74, 6) is 0.647. The summed E-state index contributed by atoms with van der Waals surface area (Å²) in [7, 11) is 7.49. The molecule has 0 spiro atoms. The van der Waals surface area contributed by atoms with Crippen molar-refractivity contribution in [3.63, 3.8) is 0 Å². The standard InChI is InChI=1S/C19H30N4O5/c1-22(2)8-9-23(3)16-17(24)15(14-11-27-18(16)28-14)21-19(25)20-12-6-5-7-13(10-12)26-4/h5-7,10,14-18,24H,8-9,11H2,1-4H3,(H2,20,21,25)/t14-,15-,16-,17+,18-/m1/s1. The first-order valence-corrected chi connectivity index (χ1v) is 9.40. The van der Waals surface area contributed by atoms with Crippen LogP contribution in [0.3, 0.4) is 0 Å². The molecule has 156 valence electrons. The number of ether oxygens (including phenoxy) is 3. The SMILES string of the molecule is COc1cccc(NC(=O)N[C@H]2[C@H](O)[C@@H](N(C)CCN(C)C)[C@@H]3OC[C@H]2O3)c1. The maximum absolute atomic E-state index is 12.5. The van der Waals surface area contributed by atoms with Crippen LogP contribution in [0.1, 0.15) is 0 Å². The van der Waals surface area contributed by atoms with Crippen molar-refractivity contribution < 1.29 is 24.1 Å². The van der Waals surface area contributed by atoms with Crippen LogP contribution in [0.4, 0.5) is 10.5 Å². The number of methoxy groups -OCH3 is 1. The average molecular weight is 394 g/mol. The summed E-state index contributed by atoms with van der Waals surface area (Å²) in [5.41, 5.74) is 0.600. The topological polar surface area (TPSA) is 95.5 Å². The predicted octanol–water partition coefficient (Wildman–Crippen LogP) is 0.163. The molecule has 2 fully saturated rings. The number of benzene rings is 1. The van der Waals surface area contributed by atoms with E-state index in [4.69, 9.17) is 14.2 Å². The van der Waals surface area contributed by atoms with Gasteiger partial charge in [0.2, 0.25) is 0 Å². The van der Waals surface area contributed by atoms with Gasteiger partial charge >= 0.3 is 6.03 Å². The van der Waals surface area contributed by atoms with Crippen molar-refractivity contribution in [1.82, 2.24) is 15.1 Å². The number of likely N-dealkylation sites (N-methyl/N-ethyl adjacent to an activating group) is 2. The molecule has 0 saturated carbocycles. The molecule has 0 aliphatic carbocycles. The fourth-order valence-corrected chi connectivity index (χ4v) is 3.57. The Morgan fingerprint density at radius 1 is 1.32 bits per heavy atom. The van der Waals surface area contributed by atoms with E-state index in [0.717, 1.165) is 13.1 Å². The number of amides is 2. The molecule has 28 heavy (non-hydrogen) atoms. The van der Waals surface area contributed by atoms with Crippen molar-refractivity contribution in [3.05, 3.63) is 24.3 Å². The monoisotopic (exact) mass is 394 g/mol. The van der Waals surface area contributed by atoms with E-state index in [2.05, 4.69) is 15.5 Å². The average Bonchev–Trinajstić information content (AvgIpc) is 3.09. The summed E-state index contributed by atoms with van der Waals surface area (Å²) < 4.78 is 16.8. The quantitative estimate of drug-likeness (QED) is 0.606. The minimum Gasteiger partial charge on any atom is -0.497 e. The van der Waals surface area contributed by atoms with Crippen LogP contribution < -0.4 is 15.4 Å². The lowest BCUT2D eigenvalue weighted by Gasteiger charge is -2.42. The second kappa shape index (κ2) is 9.06. The third-order valence-electron chi connectivity index (χ3n) is 5.17. The number of aliphatic hydroxyl groups excluding tert-OH is 1. The van der Waals surface area contributed by atoms with Crippen molar-refractivity contribution in [2.24, 2.45) is 0 Å². The van der Waals surface area contributed by atoms with Gasteiger partial charge in [-0.15, -0.1) is 0 Å². The number of nitrogens with one attached hydrogen (secondary N) is 2. The van der Waals surface area contributed by atoms with Gasteiger partial charge in [0.1, 0.15) is 11.9 Å².